The average molecular weight is 223 g/mol. The van der Waals surface area contributed by atoms with Crippen LogP contribution in [0, 0.1) is 17.3 Å². The first-order valence-corrected chi connectivity index (χ1v) is 7.26. The van der Waals surface area contributed by atoms with E-state index < -0.39 is 0 Å². The number of hydrogen-bond donors (Lipinski definition) is 0. The van der Waals surface area contributed by atoms with Gasteiger partial charge in [0, 0.05) is 12.6 Å². The number of piperidine rings is 1. The topological polar surface area (TPSA) is 3.24 Å². The van der Waals surface area contributed by atoms with Crippen LogP contribution in [0.2, 0.25) is 0 Å². The normalized spacial score (nSPS) is 33.8. The van der Waals surface area contributed by atoms with E-state index in [1.165, 1.54) is 45.2 Å². The Morgan fingerprint density at radius 2 is 1.81 bits per heavy atom. The van der Waals surface area contributed by atoms with E-state index in [0.717, 1.165) is 17.9 Å². The van der Waals surface area contributed by atoms with Gasteiger partial charge in [-0.3, -0.25) is 0 Å². The Morgan fingerprint density at radius 3 is 2.25 bits per heavy atom. The first-order chi connectivity index (χ1) is 7.52. The van der Waals surface area contributed by atoms with Crippen LogP contribution < -0.4 is 0 Å². The minimum Gasteiger partial charge on any atom is -0.300 e. The van der Waals surface area contributed by atoms with Gasteiger partial charge in [0.15, 0.2) is 0 Å². The molecule has 0 unspecified atom stereocenters. The van der Waals surface area contributed by atoms with Crippen molar-refractivity contribution < 1.29 is 0 Å². The van der Waals surface area contributed by atoms with Crippen LogP contribution in [0.1, 0.15) is 59.8 Å². The molecule has 0 aromatic rings. The average Bonchev–Trinajstić information content (AvgIpc) is 2.13. The largest absolute Gasteiger partial charge is 0.300 e. The van der Waals surface area contributed by atoms with Gasteiger partial charge in [0.25, 0.3) is 0 Å². The summed E-state index contributed by atoms with van der Waals surface area (Å²) in [6.45, 7) is 12.4. The van der Waals surface area contributed by atoms with Crippen molar-refractivity contribution >= 4 is 0 Å². The van der Waals surface area contributed by atoms with Crippen LogP contribution in [-0.4, -0.2) is 24.0 Å². The molecule has 1 heteroatoms. The van der Waals surface area contributed by atoms with E-state index in [1.54, 1.807) is 0 Å². The maximum atomic E-state index is 2.80. The molecule has 2 atom stereocenters. The molecule has 16 heavy (non-hydrogen) atoms. The quantitative estimate of drug-likeness (QED) is 0.685. The van der Waals surface area contributed by atoms with E-state index >= 15 is 0 Å². The highest BCUT2D eigenvalue weighted by atomic mass is 15.2. The van der Waals surface area contributed by atoms with Crippen molar-refractivity contribution in [2.75, 3.05) is 13.1 Å². The van der Waals surface area contributed by atoms with Crippen LogP contribution in [-0.2, 0) is 0 Å². The molecule has 2 rings (SSSR count). The van der Waals surface area contributed by atoms with E-state index in [2.05, 4.69) is 32.6 Å². The maximum Gasteiger partial charge on any atom is 0.00954 e. The van der Waals surface area contributed by atoms with E-state index in [0.29, 0.717) is 5.41 Å². The summed E-state index contributed by atoms with van der Waals surface area (Å²) in [6.07, 6.45) is 7.22. The lowest BCUT2D eigenvalue weighted by atomic mass is 9.68. The molecule has 0 aromatic carbocycles. The van der Waals surface area contributed by atoms with E-state index in [4.69, 9.17) is 0 Å². The monoisotopic (exact) mass is 223 g/mol. The van der Waals surface area contributed by atoms with Gasteiger partial charge in [-0.25, -0.2) is 0 Å². The van der Waals surface area contributed by atoms with Crippen molar-refractivity contribution in [2.24, 2.45) is 17.3 Å². The molecule has 1 heterocycles. The highest BCUT2D eigenvalue weighted by Gasteiger charge is 2.38. The molecule has 1 aliphatic heterocycles. The standard InChI is InChI=1S/C15H29N/c1-5-12-9-10-16(13-7-6-8-13)11-14(12)15(2,3)4/h12-14H,5-11H2,1-4H3/t12-,14-/m1/s1. The molecule has 1 aliphatic carbocycles. The smallest absolute Gasteiger partial charge is 0.00954 e. The highest BCUT2D eigenvalue weighted by molar-refractivity contribution is 4.91. The van der Waals surface area contributed by atoms with Crippen LogP contribution in [0.25, 0.3) is 0 Å². The molecule has 0 aromatic heterocycles. The Labute approximate surface area is 102 Å². The second-order valence-electron chi connectivity index (χ2n) is 7.01. The number of rotatable bonds is 2. The molecule has 1 nitrogen and oxygen atoms in total. The second kappa shape index (κ2) is 4.68. The van der Waals surface area contributed by atoms with Crippen molar-refractivity contribution in [3.63, 3.8) is 0 Å². The zero-order chi connectivity index (χ0) is 11.8. The number of nitrogens with zero attached hydrogens (tertiary/aromatic N) is 1. The molecule has 94 valence electrons. The first-order valence-electron chi connectivity index (χ1n) is 7.26. The summed E-state index contributed by atoms with van der Waals surface area (Å²) in [5.41, 5.74) is 0.489. The Hall–Kier alpha value is -0.0400. The lowest BCUT2D eigenvalue weighted by Crippen LogP contribution is -2.51. The molecule has 0 radical (unpaired) electrons. The zero-order valence-corrected chi connectivity index (χ0v) is 11.6. The van der Waals surface area contributed by atoms with Crippen LogP contribution in [0.4, 0.5) is 0 Å². The van der Waals surface area contributed by atoms with Gasteiger partial charge in [-0.2, -0.15) is 0 Å². The summed E-state index contributed by atoms with van der Waals surface area (Å²) in [7, 11) is 0. The van der Waals surface area contributed by atoms with Crippen molar-refractivity contribution in [2.45, 2.75) is 65.8 Å². The van der Waals surface area contributed by atoms with Crippen LogP contribution in [0.15, 0.2) is 0 Å². The summed E-state index contributed by atoms with van der Waals surface area (Å²) in [4.78, 5) is 2.80. The van der Waals surface area contributed by atoms with Gasteiger partial charge >= 0.3 is 0 Å². The van der Waals surface area contributed by atoms with Gasteiger partial charge in [-0.15, -0.1) is 0 Å². The summed E-state index contributed by atoms with van der Waals surface area (Å²) in [5, 5.41) is 0. The SMILES string of the molecule is CC[C@@H]1CCN(C2CCC2)C[C@H]1C(C)(C)C. The van der Waals surface area contributed by atoms with E-state index in [1.807, 2.05) is 0 Å². The molecule has 1 saturated heterocycles. The zero-order valence-electron chi connectivity index (χ0n) is 11.6. The maximum absolute atomic E-state index is 2.80. The van der Waals surface area contributed by atoms with E-state index in [9.17, 15) is 0 Å². The predicted molar refractivity (Wildman–Crippen MR) is 70.6 cm³/mol. The van der Waals surface area contributed by atoms with Gasteiger partial charge in [0.2, 0.25) is 0 Å². The third-order valence-corrected chi connectivity index (χ3v) is 5.02. The molecule has 0 amide bonds. The fourth-order valence-electron chi connectivity index (χ4n) is 3.58. The molecule has 2 fully saturated rings. The van der Waals surface area contributed by atoms with Crippen LogP contribution in [0.5, 0.6) is 0 Å². The number of hydrogen-bond acceptors (Lipinski definition) is 1. The van der Waals surface area contributed by atoms with Crippen LogP contribution >= 0.6 is 0 Å². The van der Waals surface area contributed by atoms with Gasteiger partial charge in [0.1, 0.15) is 0 Å². The Kier molecular flexibility index (Phi) is 3.63. The minimum atomic E-state index is 0.489. The second-order valence-corrected chi connectivity index (χ2v) is 7.01. The third kappa shape index (κ3) is 2.45. The molecule has 1 saturated carbocycles. The minimum absolute atomic E-state index is 0.489. The molecular weight excluding hydrogens is 194 g/mol. The highest BCUT2D eigenvalue weighted by Crippen LogP contribution is 2.41. The van der Waals surface area contributed by atoms with Gasteiger partial charge in [-0.1, -0.05) is 40.5 Å². The molecule has 2 aliphatic rings. The number of likely N-dealkylation sites (tertiary alicyclic amines) is 1. The van der Waals surface area contributed by atoms with Crippen molar-refractivity contribution in [1.82, 2.24) is 4.90 Å². The summed E-state index contributed by atoms with van der Waals surface area (Å²) in [6, 6.07) is 0.947. The van der Waals surface area contributed by atoms with E-state index in [-0.39, 0.29) is 0 Å². The first kappa shape index (κ1) is 12.4. The van der Waals surface area contributed by atoms with Crippen molar-refractivity contribution in [3.05, 3.63) is 0 Å². The fraction of sp³-hybridized carbons (Fsp3) is 1.00. The predicted octanol–water partition coefficient (Wildman–Crippen LogP) is 3.93. The van der Waals surface area contributed by atoms with Crippen molar-refractivity contribution in [3.8, 4) is 0 Å². The molecular formula is C15H29N. The van der Waals surface area contributed by atoms with Crippen molar-refractivity contribution in [1.29, 1.82) is 0 Å². The Balaban J connectivity index is 1.99. The van der Waals surface area contributed by atoms with Crippen LogP contribution in [0.3, 0.4) is 0 Å². The van der Waals surface area contributed by atoms with Gasteiger partial charge < -0.3 is 4.90 Å². The third-order valence-electron chi connectivity index (χ3n) is 5.02. The lowest BCUT2D eigenvalue weighted by molar-refractivity contribution is 0.00203. The van der Waals surface area contributed by atoms with Gasteiger partial charge in [-0.05, 0) is 43.1 Å². The Bertz CT molecular complexity index is 224. The molecule has 0 spiro atoms. The summed E-state index contributed by atoms with van der Waals surface area (Å²) < 4.78 is 0. The summed E-state index contributed by atoms with van der Waals surface area (Å²) in [5.74, 6) is 1.88. The molecule has 0 bridgehead atoms. The van der Waals surface area contributed by atoms with Gasteiger partial charge in [0.05, 0.1) is 0 Å². The Morgan fingerprint density at radius 1 is 1.12 bits per heavy atom. The lowest BCUT2D eigenvalue weighted by Gasteiger charge is -2.49. The fourth-order valence-corrected chi connectivity index (χ4v) is 3.58. The summed E-state index contributed by atoms with van der Waals surface area (Å²) >= 11 is 0. The molecule has 0 N–H and O–H groups in total.